The second-order valence-corrected chi connectivity index (χ2v) is 19.8. The summed E-state index contributed by atoms with van der Waals surface area (Å²) in [6.07, 6.45) is 49.5. The van der Waals surface area contributed by atoms with Gasteiger partial charge in [0.15, 0.2) is 6.10 Å². The second-order valence-electron chi connectivity index (χ2n) is 19.8. The number of hydrogen-bond acceptors (Lipinski definition) is 6. The highest BCUT2D eigenvalue weighted by Crippen LogP contribution is 2.18. The van der Waals surface area contributed by atoms with E-state index in [1.54, 1.807) is 0 Å². The number of rotatable bonds is 49. The SMILES string of the molecule is CCCCCCCCCCCCCCCCCCCCC(=O)O[C@H](COC(=O)CCCCCCCCCCCCC(C)C)COC(=O)CCCCCCCCCCCC(C)C. The topological polar surface area (TPSA) is 78.9 Å². The Morgan fingerprint density at radius 1 is 0.311 bits per heavy atom. The first-order chi connectivity index (χ1) is 29.7. The van der Waals surface area contributed by atoms with Gasteiger partial charge in [-0.3, -0.25) is 14.4 Å². The van der Waals surface area contributed by atoms with Crippen LogP contribution in [0.4, 0.5) is 0 Å². The molecular weight excluding hydrogens is 757 g/mol. The molecule has 0 aliphatic rings. The highest BCUT2D eigenvalue weighted by atomic mass is 16.6. The average molecular weight is 863 g/mol. The molecule has 61 heavy (non-hydrogen) atoms. The molecule has 0 rings (SSSR count). The molecule has 0 amide bonds. The molecule has 6 nitrogen and oxygen atoms in total. The molecule has 0 N–H and O–H groups in total. The van der Waals surface area contributed by atoms with E-state index in [1.165, 1.54) is 193 Å². The number of hydrogen-bond donors (Lipinski definition) is 0. The zero-order chi connectivity index (χ0) is 44.7. The Morgan fingerprint density at radius 3 is 0.803 bits per heavy atom. The first kappa shape index (κ1) is 59.4. The van der Waals surface area contributed by atoms with Crippen molar-refractivity contribution >= 4 is 17.9 Å². The van der Waals surface area contributed by atoms with Gasteiger partial charge >= 0.3 is 17.9 Å². The van der Waals surface area contributed by atoms with E-state index in [2.05, 4.69) is 34.6 Å². The van der Waals surface area contributed by atoms with Gasteiger partial charge in [0, 0.05) is 19.3 Å². The van der Waals surface area contributed by atoms with Crippen LogP contribution in [0.2, 0.25) is 0 Å². The minimum absolute atomic E-state index is 0.0639. The van der Waals surface area contributed by atoms with Crippen molar-refractivity contribution in [3.63, 3.8) is 0 Å². The number of carbonyl (C=O) groups is 3. The summed E-state index contributed by atoms with van der Waals surface area (Å²) in [6.45, 7) is 11.4. The number of unbranched alkanes of at least 4 members (excludes halogenated alkanes) is 34. The van der Waals surface area contributed by atoms with Gasteiger partial charge in [0.05, 0.1) is 0 Å². The zero-order valence-electron chi connectivity index (χ0n) is 41.8. The first-order valence-electron chi connectivity index (χ1n) is 27.2. The summed E-state index contributed by atoms with van der Waals surface area (Å²) in [7, 11) is 0. The smallest absolute Gasteiger partial charge is 0.306 e. The molecule has 0 bridgehead atoms. The maximum absolute atomic E-state index is 12.8. The van der Waals surface area contributed by atoms with E-state index in [0.29, 0.717) is 19.3 Å². The van der Waals surface area contributed by atoms with Crippen molar-refractivity contribution in [3.05, 3.63) is 0 Å². The Hall–Kier alpha value is -1.59. The molecule has 0 aromatic heterocycles. The molecule has 0 aromatic carbocycles. The molecule has 1 atom stereocenters. The molecule has 0 spiro atoms. The van der Waals surface area contributed by atoms with Crippen LogP contribution >= 0.6 is 0 Å². The van der Waals surface area contributed by atoms with Gasteiger partial charge < -0.3 is 14.2 Å². The standard InChI is InChI=1S/C55H106O6/c1-6-7-8-9-10-11-12-13-14-15-16-17-18-19-26-32-37-42-47-55(58)61-52(49-60-54(57)46-41-36-31-27-22-24-29-34-39-44-51(4)5)48-59-53(56)45-40-35-30-25-21-20-23-28-33-38-43-50(2)3/h50-52H,6-49H2,1-5H3/t52-/m1/s1. The summed E-state index contributed by atoms with van der Waals surface area (Å²) in [5, 5.41) is 0. The summed E-state index contributed by atoms with van der Waals surface area (Å²) >= 11 is 0. The van der Waals surface area contributed by atoms with E-state index >= 15 is 0 Å². The third kappa shape index (κ3) is 49.3. The number of esters is 3. The lowest BCUT2D eigenvalue weighted by molar-refractivity contribution is -0.167. The van der Waals surface area contributed by atoms with Gasteiger partial charge in [-0.15, -0.1) is 0 Å². The van der Waals surface area contributed by atoms with E-state index in [1.807, 2.05) is 0 Å². The Bertz CT molecular complexity index is 931. The summed E-state index contributed by atoms with van der Waals surface area (Å²) in [5.41, 5.74) is 0. The summed E-state index contributed by atoms with van der Waals surface area (Å²) in [6, 6.07) is 0. The average Bonchev–Trinajstić information content (AvgIpc) is 3.23. The van der Waals surface area contributed by atoms with Gasteiger partial charge in [-0.05, 0) is 31.1 Å². The van der Waals surface area contributed by atoms with Crippen molar-refractivity contribution in [2.24, 2.45) is 11.8 Å². The van der Waals surface area contributed by atoms with Crippen LogP contribution in [0, 0.1) is 11.8 Å². The van der Waals surface area contributed by atoms with E-state index in [9.17, 15) is 14.4 Å². The van der Waals surface area contributed by atoms with E-state index < -0.39 is 6.10 Å². The normalized spacial score (nSPS) is 12.0. The fourth-order valence-corrected chi connectivity index (χ4v) is 8.34. The highest BCUT2D eigenvalue weighted by molar-refractivity contribution is 5.71. The third-order valence-electron chi connectivity index (χ3n) is 12.5. The van der Waals surface area contributed by atoms with Gasteiger partial charge in [-0.2, -0.15) is 0 Å². The Morgan fingerprint density at radius 2 is 0.541 bits per heavy atom. The molecule has 0 aromatic rings. The third-order valence-corrected chi connectivity index (χ3v) is 12.5. The largest absolute Gasteiger partial charge is 0.462 e. The summed E-state index contributed by atoms with van der Waals surface area (Å²) < 4.78 is 16.8. The minimum atomic E-state index is -0.762. The highest BCUT2D eigenvalue weighted by Gasteiger charge is 2.19. The lowest BCUT2D eigenvalue weighted by Crippen LogP contribution is -2.30. The van der Waals surface area contributed by atoms with Crippen molar-refractivity contribution in [1.82, 2.24) is 0 Å². The van der Waals surface area contributed by atoms with Crippen LogP contribution in [0.1, 0.15) is 304 Å². The van der Waals surface area contributed by atoms with Crippen molar-refractivity contribution in [2.75, 3.05) is 13.2 Å². The number of ether oxygens (including phenoxy) is 3. The maximum atomic E-state index is 12.8. The lowest BCUT2D eigenvalue weighted by atomic mass is 10.0. The van der Waals surface area contributed by atoms with Gasteiger partial charge in [0.1, 0.15) is 13.2 Å². The van der Waals surface area contributed by atoms with E-state index in [4.69, 9.17) is 14.2 Å². The zero-order valence-corrected chi connectivity index (χ0v) is 41.8. The van der Waals surface area contributed by atoms with Crippen molar-refractivity contribution in [2.45, 2.75) is 310 Å². The van der Waals surface area contributed by atoms with Gasteiger partial charge in [-0.25, -0.2) is 0 Å². The molecule has 0 saturated carbocycles. The molecule has 0 heterocycles. The van der Waals surface area contributed by atoms with Gasteiger partial charge in [0.2, 0.25) is 0 Å². The quantitative estimate of drug-likeness (QED) is 0.0344. The molecule has 0 unspecified atom stereocenters. The maximum Gasteiger partial charge on any atom is 0.306 e. The predicted octanol–water partition coefficient (Wildman–Crippen LogP) is 17.7. The Labute approximate surface area is 380 Å². The molecule has 0 fully saturated rings. The van der Waals surface area contributed by atoms with Crippen LogP contribution < -0.4 is 0 Å². The molecule has 6 heteroatoms. The summed E-state index contributed by atoms with van der Waals surface area (Å²) in [4.78, 5) is 38.0. The Kier molecular flexibility index (Phi) is 46.6. The molecule has 362 valence electrons. The lowest BCUT2D eigenvalue weighted by Gasteiger charge is -2.18. The molecule has 0 radical (unpaired) electrons. The van der Waals surface area contributed by atoms with Crippen LogP contribution in [0.25, 0.3) is 0 Å². The fourth-order valence-electron chi connectivity index (χ4n) is 8.34. The van der Waals surface area contributed by atoms with Gasteiger partial charge in [0.25, 0.3) is 0 Å². The molecule has 0 saturated heterocycles. The first-order valence-corrected chi connectivity index (χ1v) is 27.2. The van der Waals surface area contributed by atoms with Crippen LogP contribution in [-0.2, 0) is 28.6 Å². The van der Waals surface area contributed by atoms with Crippen LogP contribution in [0.3, 0.4) is 0 Å². The van der Waals surface area contributed by atoms with Crippen LogP contribution in [0.15, 0.2) is 0 Å². The van der Waals surface area contributed by atoms with E-state index in [0.717, 1.165) is 69.6 Å². The van der Waals surface area contributed by atoms with Crippen LogP contribution in [0.5, 0.6) is 0 Å². The molecule has 0 aliphatic carbocycles. The van der Waals surface area contributed by atoms with Gasteiger partial charge in [-0.1, -0.05) is 266 Å². The minimum Gasteiger partial charge on any atom is -0.462 e. The number of carbonyl (C=O) groups excluding carboxylic acids is 3. The monoisotopic (exact) mass is 863 g/mol. The Balaban J connectivity index is 4.29. The van der Waals surface area contributed by atoms with Crippen LogP contribution in [-0.4, -0.2) is 37.2 Å². The predicted molar refractivity (Wildman–Crippen MR) is 261 cm³/mol. The van der Waals surface area contributed by atoms with Crippen molar-refractivity contribution in [1.29, 1.82) is 0 Å². The molecular formula is C55H106O6. The van der Waals surface area contributed by atoms with Crippen molar-refractivity contribution < 1.29 is 28.6 Å². The van der Waals surface area contributed by atoms with E-state index in [-0.39, 0.29) is 31.1 Å². The fraction of sp³-hybridized carbons (Fsp3) is 0.945. The molecule has 0 aliphatic heterocycles. The second kappa shape index (κ2) is 47.9. The van der Waals surface area contributed by atoms with Crippen molar-refractivity contribution in [3.8, 4) is 0 Å². The summed E-state index contributed by atoms with van der Waals surface area (Å²) in [5.74, 6) is 0.781.